The van der Waals surface area contributed by atoms with E-state index in [4.69, 9.17) is 0 Å². The van der Waals surface area contributed by atoms with Crippen molar-refractivity contribution in [2.75, 3.05) is 20.1 Å². The minimum Gasteiger partial charge on any atom is -0.356 e. The molecule has 0 amide bonds. The third-order valence-electron chi connectivity index (χ3n) is 3.74. The lowest BCUT2D eigenvalue weighted by molar-refractivity contribution is 0.600. The van der Waals surface area contributed by atoms with Crippen LogP contribution in [-0.2, 0) is 5.41 Å². The van der Waals surface area contributed by atoms with Crippen LogP contribution < -0.4 is 10.6 Å². The summed E-state index contributed by atoms with van der Waals surface area (Å²) in [6, 6.07) is 10.8. The van der Waals surface area contributed by atoms with Gasteiger partial charge in [-0.3, -0.25) is 4.99 Å². The first kappa shape index (κ1) is 13.9. The average Bonchev–Trinajstić information content (AvgIpc) is 3.21. The van der Waals surface area contributed by atoms with Crippen molar-refractivity contribution in [2.45, 2.75) is 32.1 Å². The SMILES string of the molecule is CN=C(NCC(C)C)NCC1(c2ccccc2)CC1. The van der Waals surface area contributed by atoms with Crippen molar-refractivity contribution >= 4 is 5.96 Å². The molecular formula is C16H25N3. The summed E-state index contributed by atoms with van der Waals surface area (Å²) in [4.78, 5) is 4.28. The average molecular weight is 259 g/mol. The molecule has 1 aliphatic carbocycles. The molecule has 0 atom stereocenters. The summed E-state index contributed by atoms with van der Waals surface area (Å²) >= 11 is 0. The molecule has 0 unspecified atom stereocenters. The predicted molar refractivity (Wildman–Crippen MR) is 81.6 cm³/mol. The van der Waals surface area contributed by atoms with E-state index in [2.05, 4.69) is 59.8 Å². The third kappa shape index (κ3) is 3.72. The van der Waals surface area contributed by atoms with Gasteiger partial charge in [0.05, 0.1) is 0 Å². The van der Waals surface area contributed by atoms with Crippen molar-refractivity contribution in [3.05, 3.63) is 35.9 Å². The summed E-state index contributed by atoms with van der Waals surface area (Å²) in [6.45, 7) is 6.33. The van der Waals surface area contributed by atoms with Crippen molar-refractivity contribution in [1.82, 2.24) is 10.6 Å². The molecular weight excluding hydrogens is 234 g/mol. The molecule has 0 aliphatic heterocycles. The van der Waals surface area contributed by atoms with Gasteiger partial charge in [0.25, 0.3) is 0 Å². The highest BCUT2D eigenvalue weighted by atomic mass is 15.2. The molecule has 1 aromatic carbocycles. The van der Waals surface area contributed by atoms with Gasteiger partial charge >= 0.3 is 0 Å². The van der Waals surface area contributed by atoms with Crippen LogP contribution in [0.4, 0.5) is 0 Å². The molecule has 2 rings (SSSR count). The number of rotatable bonds is 5. The molecule has 19 heavy (non-hydrogen) atoms. The Balaban J connectivity index is 1.88. The molecule has 3 heteroatoms. The molecule has 104 valence electrons. The number of guanidine groups is 1. The van der Waals surface area contributed by atoms with Crippen LogP contribution in [0.15, 0.2) is 35.3 Å². The van der Waals surface area contributed by atoms with E-state index < -0.39 is 0 Å². The highest BCUT2D eigenvalue weighted by Crippen LogP contribution is 2.47. The van der Waals surface area contributed by atoms with Crippen molar-refractivity contribution in [1.29, 1.82) is 0 Å². The fourth-order valence-electron chi connectivity index (χ4n) is 2.28. The number of aliphatic imine (C=N–C) groups is 1. The Bertz CT molecular complexity index is 419. The van der Waals surface area contributed by atoms with Gasteiger partial charge in [-0.15, -0.1) is 0 Å². The maximum atomic E-state index is 4.28. The van der Waals surface area contributed by atoms with Crippen LogP contribution in [0.5, 0.6) is 0 Å². The number of nitrogens with zero attached hydrogens (tertiary/aromatic N) is 1. The van der Waals surface area contributed by atoms with E-state index >= 15 is 0 Å². The van der Waals surface area contributed by atoms with E-state index in [1.807, 2.05) is 7.05 Å². The maximum Gasteiger partial charge on any atom is 0.191 e. The molecule has 1 saturated carbocycles. The van der Waals surface area contributed by atoms with Crippen molar-refractivity contribution in [2.24, 2.45) is 10.9 Å². The number of nitrogens with one attached hydrogen (secondary N) is 2. The van der Waals surface area contributed by atoms with Gasteiger partial charge in [-0.1, -0.05) is 44.2 Å². The van der Waals surface area contributed by atoms with E-state index in [1.165, 1.54) is 18.4 Å². The predicted octanol–water partition coefficient (Wildman–Crippen LogP) is 2.54. The smallest absolute Gasteiger partial charge is 0.191 e. The van der Waals surface area contributed by atoms with E-state index in [1.54, 1.807) is 0 Å². The van der Waals surface area contributed by atoms with E-state index in [0.29, 0.717) is 11.3 Å². The van der Waals surface area contributed by atoms with Crippen LogP contribution in [-0.4, -0.2) is 26.1 Å². The third-order valence-corrected chi connectivity index (χ3v) is 3.74. The zero-order chi connectivity index (χ0) is 13.7. The molecule has 1 fully saturated rings. The molecule has 0 spiro atoms. The lowest BCUT2D eigenvalue weighted by atomic mass is 9.96. The Labute approximate surface area is 116 Å². The lowest BCUT2D eigenvalue weighted by Crippen LogP contribution is -2.42. The van der Waals surface area contributed by atoms with E-state index in [-0.39, 0.29) is 0 Å². The lowest BCUT2D eigenvalue weighted by Gasteiger charge is -2.19. The molecule has 1 aliphatic rings. The summed E-state index contributed by atoms with van der Waals surface area (Å²) in [5.74, 6) is 1.54. The minimum atomic E-state index is 0.330. The molecule has 3 nitrogen and oxygen atoms in total. The van der Waals surface area contributed by atoms with Gasteiger partial charge in [-0.05, 0) is 24.3 Å². The van der Waals surface area contributed by atoms with Crippen LogP contribution in [0.1, 0.15) is 32.3 Å². The van der Waals surface area contributed by atoms with E-state index in [0.717, 1.165) is 19.0 Å². The second-order valence-corrected chi connectivity index (χ2v) is 5.85. The standard InChI is InChI=1S/C16H25N3/c1-13(2)11-18-15(17-3)19-12-16(9-10-16)14-7-5-4-6-8-14/h4-8,13H,9-12H2,1-3H3,(H2,17,18,19). The maximum absolute atomic E-state index is 4.28. The Kier molecular flexibility index (Phi) is 4.46. The van der Waals surface area contributed by atoms with Gasteiger partial charge in [0.2, 0.25) is 0 Å². The molecule has 0 bridgehead atoms. The summed E-state index contributed by atoms with van der Waals surface area (Å²) in [7, 11) is 1.83. The molecule has 2 N–H and O–H groups in total. The van der Waals surface area contributed by atoms with Gasteiger partial charge in [-0.2, -0.15) is 0 Å². The first-order chi connectivity index (χ1) is 9.16. The highest BCUT2D eigenvalue weighted by molar-refractivity contribution is 5.79. The molecule has 0 saturated heterocycles. The van der Waals surface area contributed by atoms with E-state index in [9.17, 15) is 0 Å². The number of benzene rings is 1. The molecule has 0 radical (unpaired) electrons. The normalized spacial score (nSPS) is 17.4. The van der Waals surface area contributed by atoms with Gasteiger partial charge in [-0.25, -0.2) is 0 Å². The first-order valence-electron chi connectivity index (χ1n) is 7.16. The quantitative estimate of drug-likeness (QED) is 0.630. The Morgan fingerprint density at radius 2 is 1.89 bits per heavy atom. The monoisotopic (exact) mass is 259 g/mol. The zero-order valence-electron chi connectivity index (χ0n) is 12.2. The van der Waals surface area contributed by atoms with Crippen molar-refractivity contribution in [3.63, 3.8) is 0 Å². The second-order valence-electron chi connectivity index (χ2n) is 5.85. The van der Waals surface area contributed by atoms with Crippen LogP contribution >= 0.6 is 0 Å². The molecule has 1 aromatic rings. The fourth-order valence-corrected chi connectivity index (χ4v) is 2.28. The van der Waals surface area contributed by atoms with Crippen LogP contribution in [0.2, 0.25) is 0 Å². The van der Waals surface area contributed by atoms with Crippen molar-refractivity contribution < 1.29 is 0 Å². The summed E-state index contributed by atoms with van der Waals surface area (Å²) in [5, 5.41) is 6.82. The molecule has 0 heterocycles. The highest BCUT2D eigenvalue weighted by Gasteiger charge is 2.43. The minimum absolute atomic E-state index is 0.330. The zero-order valence-corrected chi connectivity index (χ0v) is 12.2. The number of hydrogen-bond acceptors (Lipinski definition) is 1. The van der Waals surface area contributed by atoms with Crippen LogP contribution in [0, 0.1) is 5.92 Å². The molecule has 0 aromatic heterocycles. The Hall–Kier alpha value is -1.51. The van der Waals surface area contributed by atoms with Crippen LogP contribution in [0.3, 0.4) is 0 Å². The van der Waals surface area contributed by atoms with Gasteiger partial charge in [0.15, 0.2) is 5.96 Å². The Morgan fingerprint density at radius 3 is 2.42 bits per heavy atom. The largest absolute Gasteiger partial charge is 0.356 e. The van der Waals surface area contributed by atoms with Crippen LogP contribution in [0.25, 0.3) is 0 Å². The van der Waals surface area contributed by atoms with Gasteiger partial charge in [0.1, 0.15) is 0 Å². The van der Waals surface area contributed by atoms with Gasteiger partial charge < -0.3 is 10.6 Å². The first-order valence-corrected chi connectivity index (χ1v) is 7.16. The fraction of sp³-hybridized carbons (Fsp3) is 0.562. The van der Waals surface area contributed by atoms with Gasteiger partial charge in [0, 0.05) is 25.6 Å². The topological polar surface area (TPSA) is 36.4 Å². The summed E-state index contributed by atoms with van der Waals surface area (Å²) in [5.41, 5.74) is 1.78. The number of hydrogen-bond donors (Lipinski definition) is 2. The Morgan fingerprint density at radius 1 is 1.21 bits per heavy atom. The second kappa shape index (κ2) is 6.09. The van der Waals surface area contributed by atoms with Crippen molar-refractivity contribution in [3.8, 4) is 0 Å². The summed E-state index contributed by atoms with van der Waals surface area (Å²) < 4.78 is 0. The summed E-state index contributed by atoms with van der Waals surface area (Å²) in [6.07, 6.45) is 2.54.